The lowest BCUT2D eigenvalue weighted by molar-refractivity contribution is 0.563. The molecule has 62 valence electrons. The quantitative estimate of drug-likeness (QED) is 0.543. The van der Waals surface area contributed by atoms with Gasteiger partial charge in [-0.05, 0) is 28.5 Å². The van der Waals surface area contributed by atoms with Crippen LogP contribution in [-0.4, -0.2) is 0 Å². The summed E-state index contributed by atoms with van der Waals surface area (Å²) in [5.41, 5.74) is 4.40. The zero-order valence-corrected chi connectivity index (χ0v) is 7.72. The third-order valence-corrected chi connectivity index (χ3v) is 2.69. The van der Waals surface area contributed by atoms with Gasteiger partial charge in [0.05, 0.1) is 0 Å². The summed E-state index contributed by atoms with van der Waals surface area (Å²) in [5.74, 6) is 0. The molecule has 0 unspecified atom stereocenters. The molecule has 0 saturated heterocycles. The smallest absolute Gasteiger partial charge is 0.00572 e. The minimum atomic E-state index is 0.299. The van der Waals surface area contributed by atoms with Gasteiger partial charge < -0.3 is 0 Å². The maximum absolute atomic E-state index is 4.09. The summed E-state index contributed by atoms with van der Waals surface area (Å²) >= 11 is 0. The lowest BCUT2D eigenvalue weighted by Crippen LogP contribution is -2.11. The Balaban J connectivity index is 2.66. The van der Waals surface area contributed by atoms with Crippen LogP contribution in [0.25, 0.3) is 5.57 Å². The molecular formula is C12H14. The molecule has 0 aliphatic heterocycles. The molecule has 0 bridgehead atoms. The molecule has 12 heavy (non-hydrogen) atoms. The van der Waals surface area contributed by atoms with Crippen LogP contribution in [0, 0.1) is 0 Å². The molecule has 1 aromatic carbocycles. The van der Waals surface area contributed by atoms with Gasteiger partial charge in [-0.2, -0.15) is 0 Å². The molecule has 0 radical (unpaired) electrons. The van der Waals surface area contributed by atoms with Gasteiger partial charge in [-0.1, -0.05) is 44.7 Å². The van der Waals surface area contributed by atoms with Crippen LogP contribution < -0.4 is 0 Å². The summed E-state index contributed by atoms with van der Waals surface area (Å²) in [7, 11) is 0. The highest BCUT2D eigenvalue weighted by molar-refractivity contribution is 5.73. The van der Waals surface area contributed by atoms with E-state index >= 15 is 0 Å². The van der Waals surface area contributed by atoms with Crippen LogP contribution in [0.5, 0.6) is 0 Å². The maximum atomic E-state index is 4.09. The van der Waals surface area contributed by atoms with E-state index in [4.69, 9.17) is 0 Å². The first-order valence-electron chi connectivity index (χ1n) is 4.39. The van der Waals surface area contributed by atoms with Crippen molar-refractivity contribution >= 4 is 5.57 Å². The van der Waals surface area contributed by atoms with Crippen LogP contribution in [-0.2, 0) is 5.41 Å². The molecule has 0 saturated carbocycles. The highest BCUT2D eigenvalue weighted by Gasteiger charge is 2.31. The van der Waals surface area contributed by atoms with E-state index in [9.17, 15) is 0 Å². The highest BCUT2D eigenvalue weighted by Crippen LogP contribution is 2.43. The Morgan fingerprint density at radius 2 is 1.92 bits per heavy atom. The van der Waals surface area contributed by atoms with Crippen LogP contribution in [0.15, 0.2) is 30.8 Å². The second kappa shape index (κ2) is 2.22. The summed E-state index contributed by atoms with van der Waals surface area (Å²) in [5, 5.41) is 0. The van der Waals surface area contributed by atoms with E-state index in [0.29, 0.717) is 5.41 Å². The fourth-order valence-electron chi connectivity index (χ4n) is 2.11. The second-order valence-corrected chi connectivity index (χ2v) is 4.21. The minimum Gasteiger partial charge on any atom is -0.0952 e. The normalized spacial score (nSPS) is 19.3. The second-order valence-electron chi connectivity index (χ2n) is 4.21. The van der Waals surface area contributed by atoms with Crippen molar-refractivity contribution < 1.29 is 0 Å². The van der Waals surface area contributed by atoms with Gasteiger partial charge in [-0.15, -0.1) is 0 Å². The standard InChI is InChI=1S/C12H14/c1-9-8-12(2,3)11-7-5-4-6-10(9)11/h4-7H,1,8H2,2-3H3. The Morgan fingerprint density at radius 3 is 2.58 bits per heavy atom. The van der Waals surface area contributed by atoms with E-state index in [-0.39, 0.29) is 0 Å². The van der Waals surface area contributed by atoms with E-state index in [2.05, 4.69) is 44.7 Å². The largest absolute Gasteiger partial charge is 0.0952 e. The number of allylic oxidation sites excluding steroid dienone is 1. The van der Waals surface area contributed by atoms with Gasteiger partial charge in [0.15, 0.2) is 0 Å². The molecule has 0 nitrogen and oxygen atoms in total. The van der Waals surface area contributed by atoms with Gasteiger partial charge >= 0.3 is 0 Å². The lowest BCUT2D eigenvalue weighted by atomic mass is 9.87. The molecule has 1 aliphatic carbocycles. The lowest BCUT2D eigenvalue weighted by Gasteiger charge is -2.17. The maximum Gasteiger partial charge on any atom is -0.00572 e. The van der Waals surface area contributed by atoms with Gasteiger partial charge in [0.1, 0.15) is 0 Å². The first-order valence-corrected chi connectivity index (χ1v) is 4.39. The molecule has 0 amide bonds. The Hall–Kier alpha value is -1.04. The Morgan fingerprint density at radius 1 is 1.25 bits per heavy atom. The van der Waals surface area contributed by atoms with Crippen LogP contribution in [0.4, 0.5) is 0 Å². The van der Waals surface area contributed by atoms with E-state index in [1.807, 2.05) is 0 Å². The Bertz CT molecular complexity index is 332. The molecule has 0 fully saturated rings. The molecule has 1 aromatic rings. The van der Waals surface area contributed by atoms with Gasteiger partial charge in [-0.25, -0.2) is 0 Å². The van der Waals surface area contributed by atoms with Crippen molar-refractivity contribution in [3.05, 3.63) is 42.0 Å². The fourth-order valence-corrected chi connectivity index (χ4v) is 2.11. The van der Waals surface area contributed by atoms with Crippen molar-refractivity contribution in [2.24, 2.45) is 0 Å². The summed E-state index contributed by atoms with van der Waals surface area (Å²) in [6.07, 6.45) is 1.10. The zero-order valence-electron chi connectivity index (χ0n) is 7.72. The fraction of sp³-hybridized carbons (Fsp3) is 0.333. The van der Waals surface area contributed by atoms with Crippen LogP contribution in [0.2, 0.25) is 0 Å². The SMILES string of the molecule is C=C1CC(C)(C)c2ccccc21. The molecule has 0 spiro atoms. The molecule has 0 N–H and O–H groups in total. The average molecular weight is 158 g/mol. The third kappa shape index (κ3) is 0.911. The van der Waals surface area contributed by atoms with Gasteiger partial charge in [0.2, 0.25) is 0 Å². The van der Waals surface area contributed by atoms with Crippen molar-refractivity contribution in [3.63, 3.8) is 0 Å². The number of hydrogen-bond acceptors (Lipinski definition) is 0. The number of fused-ring (bicyclic) bond motifs is 1. The predicted octanol–water partition coefficient (Wildman–Crippen LogP) is 3.38. The average Bonchev–Trinajstić information content (AvgIpc) is 2.25. The first kappa shape index (κ1) is 7.60. The molecule has 0 atom stereocenters. The summed E-state index contributed by atoms with van der Waals surface area (Å²) < 4.78 is 0. The molecule has 0 heterocycles. The number of benzene rings is 1. The van der Waals surface area contributed by atoms with Gasteiger partial charge in [0.25, 0.3) is 0 Å². The van der Waals surface area contributed by atoms with Crippen LogP contribution >= 0.6 is 0 Å². The van der Waals surface area contributed by atoms with Crippen molar-refractivity contribution in [1.82, 2.24) is 0 Å². The number of rotatable bonds is 0. The predicted molar refractivity (Wildman–Crippen MR) is 53.1 cm³/mol. The first-order chi connectivity index (χ1) is 5.61. The van der Waals surface area contributed by atoms with Crippen molar-refractivity contribution in [3.8, 4) is 0 Å². The summed E-state index contributed by atoms with van der Waals surface area (Å²) in [4.78, 5) is 0. The zero-order chi connectivity index (χ0) is 8.77. The van der Waals surface area contributed by atoms with Crippen LogP contribution in [0.1, 0.15) is 31.4 Å². The molecule has 1 aliphatic rings. The van der Waals surface area contributed by atoms with Crippen molar-refractivity contribution in [1.29, 1.82) is 0 Å². The monoisotopic (exact) mass is 158 g/mol. The molecule has 2 rings (SSSR count). The molecular weight excluding hydrogens is 144 g/mol. The Labute approximate surface area is 73.9 Å². The van der Waals surface area contributed by atoms with E-state index < -0.39 is 0 Å². The minimum absolute atomic E-state index is 0.299. The molecule has 0 heteroatoms. The number of hydrogen-bond donors (Lipinski definition) is 0. The summed E-state index contributed by atoms with van der Waals surface area (Å²) in [6, 6.07) is 8.59. The molecule has 0 aromatic heterocycles. The topological polar surface area (TPSA) is 0 Å². The van der Waals surface area contributed by atoms with Gasteiger partial charge in [0, 0.05) is 0 Å². The highest BCUT2D eigenvalue weighted by atomic mass is 14.3. The van der Waals surface area contributed by atoms with E-state index in [1.165, 1.54) is 16.7 Å². The van der Waals surface area contributed by atoms with Crippen LogP contribution in [0.3, 0.4) is 0 Å². The van der Waals surface area contributed by atoms with Gasteiger partial charge in [-0.3, -0.25) is 0 Å². The van der Waals surface area contributed by atoms with Crippen molar-refractivity contribution in [2.45, 2.75) is 25.7 Å². The summed E-state index contributed by atoms with van der Waals surface area (Å²) in [6.45, 7) is 8.65. The Kier molecular flexibility index (Phi) is 1.41. The third-order valence-electron chi connectivity index (χ3n) is 2.69. The van der Waals surface area contributed by atoms with E-state index in [0.717, 1.165) is 6.42 Å². The van der Waals surface area contributed by atoms with E-state index in [1.54, 1.807) is 0 Å². The van der Waals surface area contributed by atoms with Crippen molar-refractivity contribution in [2.75, 3.05) is 0 Å².